The number of nitrogens with zero attached hydrogens (tertiary/aromatic N) is 3. The van der Waals surface area contributed by atoms with Crippen LogP contribution < -0.4 is 5.32 Å². The molecular weight excluding hydrogens is 596 g/mol. The van der Waals surface area contributed by atoms with E-state index >= 15 is 0 Å². The molecule has 48 heavy (non-hydrogen) atoms. The molecule has 0 bridgehead atoms. The molecule has 7 heteroatoms. The first-order valence-electron chi connectivity index (χ1n) is 17.1. The number of hydrogen-bond donors (Lipinski definition) is 1. The predicted molar refractivity (Wildman–Crippen MR) is 190 cm³/mol. The lowest BCUT2D eigenvalue weighted by atomic mass is 9.99. The standard InChI is InChI=1S/C41H46N4O3/c1-2-3-5-11-33-18-20-38(21-19-33)40(46)45(39-22-26-44(27-23-39)30-37-17-9-24-42-29-37)31-36-15-8-14-34(28-36)16-10-25-43-41(47)48-32-35-12-6-4-7-13-35/h4,6-9,12-15,17-21,24,28-29,39H,2-3,5,11,22-23,25-27,30-32H2,1H3,(H,43,47). The second kappa shape index (κ2) is 18.4. The molecule has 0 aliphatic carbocycles. The molecule has 3 aromatic carbocycles. The molecule has 1 aromatic heterocycles. The smallest absolute Gasteiger partial charge is 0.408 e. The van der Waals surface area contributed by atoms with Crippen molar-refractivity contribution < 1.29 is 14.3 Å². The van der Waals surface area contributed by atoms with Gasteiger partial charge in [-0.25, -0.2) is 4.79 Å². The molecule has 0 saturated carbocycles. The number of pyridine rings is 1. The van der Waals surface area contributed by atoms with Crippen molar-refractivity contribution >= 4 is 12.0 Å². The van der Waals surface area contributed by atoms with Gasteiger partial charge in [-0.05, 0) is 78.3 Å². The van der Waals surface area contributed by atoms with Crippen LogP contribution in [0.1, 0.15) is 77.2 Å². The number of amides is 2. The van der Waals surface area contributed by atoms with E-state index in [-0.39, 0.29) is 25.1 Å². The molecule has 1 aliphatic rings. The van der Waals surface area contributed by atoms with E-state index in [9.17, 15) is 9.59 Å². The number of hydrogen-bond acceptors (Lipinski definition) is 5. The third kappa shape index (κ3) is 10.8. The number of likely N-dealkylation sites (tertiary alicyclic amines) is 1. The van der Waals surface area contributed by atoms with Crippen molar-refractivity contribution in [3.63, 3.8) is 0 Å². The Bertz CT molecular complexity index is 1640. The van der Waals surface area contributed by atoms with Gasteiger partial charge in [0.25, 0.3) is 5.91 Å². The van der Waals surface area contributed by atoms with Gasteiger partial charge in [0.1, 0.15) is 6.61 Å². The quantitative estimate of drug-likeness (QED) is 0.122. The van der Waals surface area contributed by atoms with Crippen LogP contribution in [0.25, 0.3) is 0 Å². The first kappa shape index (κ1) is 34.4. The fourth-order valence-electron chi connectivity index (χ4n) is 6.05. The van der Waals surface area contributed by atoms with Crippen molar-refractivity contribution in [3.05, 3.63) is 137 Å². The van der Waals surface area contributed by atoms with Crippen LogP contribution in [0.4, 0.5) is 4.79 Å². The molecule has 4 aromatic rings. The van der Waals surface area contributed by atoms with Crippen LogP contribution in [0.3, 0.4) is 0 Å². The summed E-state index contributed by atoms with van der Waals surface area (Å²) < 4.78 is 5.26. The third-order valence-corrected chi connectivity index (χ3v) is 8.70. The molecule has 1 fully saturated rings. The summed E-state index contributed by atoms with van der Waals surface area (Å²) in [7, 11) is 0. The number of aromatic nitrogens is 1. The maximum atomic E-state index is 14.1. The largest absolute Gasteiger partial charge is 0.445 e. The molecule has 0 atom stereocenters. The van der Waals surface area contributed by atoms with E-state index in [0.717, 1.165) is 61.2 Å². The number of carbonyl (C=O) groups is 2. The van der Waals surface area contributed by atoms with Gasteiger partial charge in [-0.3, -0.25) is 14.7 Å². The van der Waals surface area contributed by atoms with E-state index in [1.54, 1.807) is 6.20 Å². The predicted octanol–water partition coefficient (Wildman–Crippen LogP) is 7.40. The molecule has 2 amide bonds. The topological polar surface area (TPSA) is 74.8 Å². The fourth-order valence-corrected chi connectivity index (χ4v) is 6.05. The number of ether oxygens (including phenoxy) is 1. The SMILES string of the molecule is CCCCCc1ccc(C(=O)N(Cc2cccc(C#CCNC(=O)OCc3ccccc3)c2)C2CCN(Cc3cccnc3)CC2)cc1. The monoisotopic (exact) mass is 642 g/mol. The maximum absolute atomic E-state index is 14.1. The Morgan fingerprint density at radius 3 is 2.42 bits per heavy atom. The number of carbonyl (C=O) groups excluding carboxylic acids is 2. The van der Waals surface area contributed by atoms with Crippen molar-refractivity contribution in [3.8, 4) is 11.8 Å². The van der Waals surface area contributed by atoms with Crippen LogP contribution in [-0.4, -0.2) is 52.5 Å². The summed E-state index contributed by atoms with van der Waals surface area (Å²) in [4.78, 5) is 35.0. The Hall–Kier alpha value is -4.93. The first-order valence-corrected chi connectivity index (χ1v) is 17.1. The highest BCUT2D eigenvalue weighted by Gasteiger charge is 2.29. The van der Waals surface area contributed by atoms with Gasteiger partial charge in [0.2, 0.25) is 0 Å². The minimum atomic E-state index is -0.503. The number of benzene rings is 3. The summed E-state index contributed by atoms with van der Waals surface area (Å²) in [5.74, 6) is 6.23. The molecule has 0 unspecified atom stereocenters. The Balaban J connectivity index is 1.22. The van der Waals surface area contributed by atoms with Gasteiger partial charge in [0, 0.05) is 55.7 Å². The van der Waals surface area contributed by atoms with Gasteiger partial charge < -0.3 is 15.0 Å². The normalized spacial score (nSPS) is 13.3. The number of aryl methyl sites for hydroxylation is 1. The molecule has 1 saturated heterocycles. The van der Waals surface area contributed by atoms with Crippen LogP contribution in [0.5, 0.6) is 0 Å². The number of alkyl carbamates (subject to hydrolysis) is 1. The van der Waals surface area contributed by atoms with Crippen molar-refractivity contribution in [1.82, 2.24) is 20.1 Å². The van der Waals surface area contributed by atoms with Crippen molar-refractivity contribution in [2.45, 2.75) is 71.2 Å². The lowest BCUT2D eigenvalue weighted by Gasteiger charge is -2.39. The molecule has 1 aliphatic heterocycles. The number of piperidine rings is 1. The minimum absolute atomic E-state index is 0.0653. The van der Waals surface area contributed by atoms with E-state index in [2.05, 4.69) is 63.1 Å². The van der Waals surface area contributed by atoms with Gasteiger partial charge in [0.05, 0.1) is 6.54 Å². The van der Waals surface area contributed by atoms with E-state index in [1.165, 1.54) is 30.4 Å². The summed E-state index contributed by atoms with van der Waals surface area (Å²) in [5.41, 5.74) is 6.01. The fraction of sp³-hybridized carbons (Fsp3) is 0.341. The second-order valence-electron chi connectivity index (χ2n) is 12.4. The van der Waals surface area contributed by atoms with E-state index in [4.69, 9.17) is 4.74 Å². The molecule has 0 radical (unpaired) electrons. The molecule has 5 rings (SSSR count). The molecule has 248 valence electrons. The second-order valence-corrected chi connectivity index (χ2v) is 12.4. The Labute approximate surface area is 285 Å². The van der Waals surface area contributed by atoms with Gasteiger partial charge in [-0.1, -0.05) is 92.3 Å². The van der Waals surface area contributed by atoms with Gasteiger partial charge in [0.15, 0.2) is 0 Å². The summed E-state index contributed by atoms with van der Waals surface area (Å²) in [5, 5.41) is 2.69. The third-order valence-electron chi connectivity index (χ3n) is 8.70. The maximum Gasteiger partial charge on any atom is 0.408 e. The summed E-state index contributed by atoms with van der Waals surface area (Å²) in [6, 6.07) is 30.0. The zero-order chi connectivity index (χ0) is 33.4. The zero-order valence-electron chi connectivity index (χ0n) is 27.9. The Morgan fingerprint density at radius 2 is 1.67 bits per heavy atom. The van der Waals surface area contributed by atoms with Crippen molar-refractivity contribution in [2.75, 3.05) is 19.6 Å². The van der Waals surface area contributed by atoms with Crippen LogP contribution in [0.15, 0.2) is 103 Å². The summed E-state index contributed by atoms with van der Waals surface area (Å²) >= 11 is 0. The Kier molecular flexibility index (Phi) is 13.2. The van der Waals surface area contributed by atoms with E-state index < -0.39 is 6.09 Å². The number of rotatable bonds is 13. The minimum Gasteiger partial charge on any atom is -0.445 e. The zero-order valence-corrected chi connectivity index (χ0v) is 27.9. The van der Waals surface area contributed by atoms with Crippen LogP contribution in [0, 0.1) is 11.8 Å². The molecule has 0 spiro atoms. The lowest BCUT2D eigenvalue weighted by molar-refractivity contribution is 0.0542. The highest BCUT2D eigenvalue weighted by atomic mass is 16.5. The molecule has 2 heterocycles. The van der Waals surface area contributed by atoms with E-state index in [1.807, 2.05) is 72.9 Å². The highest BCUT2D eigenvalue weighted by molar-refractivity contribution is 5.94. The van der Waals surface area contributed by atoms with Crippen molar-refractivity contribution in [1.29, 1.82) is 0 Å². The number of nitrogens with one attached hydrogen (secondary N) is 1. The molecule has 7 nitrogen and oxygen atoms in total. The van der Waals surface area contributed by atoms with Crippen LogP contribution in [0.2, 0.25) is 0 Å². The van der Waals surface area contributed by atoms with Crippen molar-refractivity contribution in [2.24, 2.45) is 0 Å². The summed E-state index contributed by atoms with van der Waals surface area (Å²) in [6.45, 7) is 5.82. The highest BCUT2D eigenvalue weighted by Crippen LogP contribution is 2.23. The Morgan fingerprint density at radius 1 is 0.896 bits per heavy atom. The summed E-state index contributed by atoms with van der Waals surface area (Å²) in [6.07, 6.45) is 9.67. The van der Waals surface area contributed by atoms with Crippen LogP contribution >= 0.6 is 0 Å². The average Bonchev–Trinajstić information content (AvgIpc) is 3.13. The molecule has 1 N–H and O–H groups in total. The molecular formula is C41H46N4O3. The van der Waals surface area contributed by atoms with Crippen LogP contribution in [-0.2, 0) is 30.9 Å². The number of unbranched alkanes of at least 4 members (excludes halogenated alkanes) is 2. The van der Waals surface area contributed by atoms with E-state index in [0.29, 0.717) is 6.54 Å². The first-order chi connectivity index (χ1) is 23.6. The van der Waals surface area contributed by atoms with Gasteiger partial charge in [-0.2, -0.15) is 0 Å². The lowest BCUT2D eigenvalue weighted by Crippen LogP contribution is -2.46. The van der Waals surface area contributed by atoms with Gasteiger partial charge >= 0.3 is 6.09 Å². The average molecular weight is 643 g/mol. The van der Waals surface area contributed by atoms with Gasteiger partial charge in [-0.15, -0.1) is 0 Å².